The number of aryl methyl sites for hydroxylation is 1. The molecule has 1 saturated heterocycles. The molecule has 21 heavy (non-hydrogen) atoms. The molecule has 1 atom stereocenters. The molecular formula is C16H23N3O2. The van der Waals surface area contributed by atoms with E-state index in [1.54, 1.807) is 11.0 Å². The van der Waals surface area contributed by atoms with Crippen molar-refractivity contribution in [3.8, 4) is 0 Å². The van der Waals surface area contributed by atoms with E-state index in [1.807, 2.05) is 19.1 Å². The zero-order valence-corrected chi connectivity index (χ0v) is 12.8. The summed E-state index contributed by atoms with van der Waals surface area (Å²) in [6.07, 6.45) is 0.539. The molecule has 0 spiro atoms. The Hall–Kier alpha value is -2.04. The molecule has 5 heteroatoms. The van der Waals surface area contributed by atoms with E-state index in [0.717, 1.165) is 5.56 Å². The average Bonchev–Trinajstić information content (AvgIpc) is 2.75. The summed E-state index contributed by atoms with van der Waals surface area (Å²) in [4.78, 5) is 25.6. The number of benzene rings is 1. The van der Waals surface area contributed by atoms with Gasteiger partial charge >= 0.3 is 0 Å². The molecule has 1 aliphatic rings. The van der Waals surface area contributed by atoms with Crippen molar-refractivity contribution in [3.05, 3.63) is 23.8 Å². The number of carbonyl (C=O) groups is 2. The lowest BCUT2D eigenvalue weighted by molar-refractivity contribution is -0.131. The van der Waals surface area contributed by atoms with E-state index in [-0.39, 0.29) is 18.4 Å². The van der Waals surface area contributed by atoms with Crippen LogP contribution in [0.15, 0.2) is 18.2 Å². The second kappa shape index (κ2) is 6.16. The molecular weight excluding hydrogens is 266 g/mol. The van der Waals surface area contributed by atoms with Gasteiger partial charge in [-0.3, -0.25) is 9.59 Å². The Bertz CT molecular complexity index is 554. The first-order valence-corrected chi connectivity index (χ1v) is 7.30. The topological polar surface area (TPSA) is 75.4 Å². The smallest absolute Gasteiger partial charge is 0.244 e. The van der Waals surface area contributed by atoms with E-state index < -0.39 is 0 Å². The van der Waals surface area contributed by atoms with Gasteiger partial charge in [-0.25, -0.2) is 0 Å². The molecule has 0 bridgehead atoms. The van der Waals surface area contributed by atoms with Gasteiger partial charge in [0.2, 0.25) is 11.8 Å². The summed E-state index contributed by atoms with van der Waals surface area (Å²) < 4.78 is 0. The fourth-order valence-electron chi connectivity index (χ4n) is 2.56. The second-order valence-electron chi connectivity index (χ2n) is 6.12. The highest BCUT2D eigenvalue weighted by molar-refractivity contribution is 5.97. The molecule has 1 aromatic rings. The molecule has 0 radical (unpaired) electrons. The molecule has 1 unspecified atom stereocenters. The standard InChI is InChI=1S/C16H23N3O2/c1-10(2)12-7-16(21)19(8-12)9-15(20)18-14-5-4-11(3)6-13(14)17/h4-6,10,12H,7-9,17H2,1-3H3,(H,18,20). The van der Waals surface area contributed by atoms with Crippen LogP contribution >= 0.6 is 0 Å². The number of hydrogen-bond donors (Lipinski definition) is 2. The lowest BCUT2D eigenvalue weighted by Gasteiger charge is -2.18. The molecule has 2 rings (SSSR count). The molecule has 114 valence electrons. The minimum atomic E-state index is -0.205. The molecule has 1 aromatic carbocycles. The van der Waals surface area contributed by atoms with Crippen LogP contribution in [-0.2, 0) is 9.59 Å². The first kappa shape index (κ1) is 15.4. The van der Waals surface area contributed by atoms with Crippen LogP contribution in [0, 0.1) is 18.8 Å². The van der Waals surface area contributed by atoms with Crippen molar-refractivity contribution in [2.75, 3.05) is 24.1 Å². The number of likely N-dealkylation sites (tertiary alicyclic amines) is 1. The highest BCUT2D eigenvalue weighted by atomic mass is 16.2. The maximum atomic E-state index is 12.1. The monoisotopic (exact) mass is 289 g/mol. The molecule has 0 aliphatic carbocycles. The number of nitrogens with one attached hydrogen (secondary N) is 1. The normalized spacial score (nSPS) is 18.4. The van der Waals surface area contributed by atoms with Crippen LogP contribution in [0.1, 0.15) is 25.8 Å². The second-order valence-corrected chi connectivity index (χ2v) is 6.12. The van der Waals surface area contributed by atoms with Crippen LogP contribution in [0.3, 0.4) is 0 Å². The van der Waals surface area contributed by atoms with Crippen molar-refractivity contribution in [1.82, 2.24) is 4.90 Å². The van der Waals surface area contributed by atoms with Gasteiger partial charge in [0, 0.05) is 13.0 Å². The van der Waals surface area contributed by atoms with Gasteiger partial charge in [0.05, 0.1) is 17.9 Å². The van der Waals surface area contributed by atoms with Crippen LogP contribution in [0.25, 0.3) is 0 Å². The number of nitrogen functional groups attached to an aromatic ring is 1. The maximum absolute atomic E-state index is 12.1. The highest BCUT2D eigenvalue weighted by Gasteiger charge is 2.32. The van der Waals surface area contributed by atoms with Gasteiger partial charge in [0.15, 0.2) is 0 Å². The maximum Gasteiger partial charge on any atom is 0.244 e. The molecule has 0 saturated carbocycles. The zero-order valence-electron chi connectivity index (χ0n) is 12.8. The van der Waals surface area contributed by atoms with Gasteiger partial charge < -0.3 is 16.0 Å². The summed E-state index contributed by atoms with van der Waals surface area (Å²) in [5.74, 6) is 0.647. The summed E-state index contributed by atoms with van der Waals surface area (Å²) in [5.41, 5.74) is 8.05. The lowest BCUT2D eigenvalue weighted by Crippen LogP contribution is -2.34. The number of anilines is 2. The van der Waals surface area contributed by atoms with Gasteiger partial charge in [-0.05, 0) is 36.5 Å². The SMILES string of the molecule is Cc1ccc(NC(=O)CN2CC(C(C)C)CC2=O)c(N)c1. The number of amides is 2. The van der Waals surface area contributed by atoms with Crippen LogP contribution in [0.2, 0.25) is 0 Å². The number of rotatable bonds is 4. The predicted molar refractivity (Wildman–Crippen MR) is 83.7 cm³/mol. The van der Waals surface area contributed by atoms with E-state index in [2.05, 4.69) is 19.2 Å². The Morgan fingerprint density at radius 2 is 2.19 bits per heavy atom. The number of nitrogens with two attached hydrogens (primary N) is 1. The minimum Gasteiger partial charge on any atom is -0.397 e. The Balaban J connectivity index is 1.94. The third-order valence-electron chi connectivity index (χ3n) is 4.00. The molecule has 0 aromatic heterocycles. The van der Waals surface area contributed by atoms with Gasteiger partial charge in [-0.2, -0.15) is 0 Å². The third-order valence-corrected chi connectivity index (χ3v) is 4.00. The minimum absolute atomic E-state index is 0.0562. The van der Waals surface area contributed by atoms with Crippen LogP contribution in [-0.4, -0.2) is 29.8 Å². The quantitative estimate of drug-likeness (QED) is 0.833. The number of carbonyl (C=O) groups excluding carboxylic acids is 2. The Kier molecular flexibility index (Phi) is 4.50. The summed E-state index contributed by atoms with van der Waals surface area (Å²) in [5, 5.41) is 2.77. The van der Waals surface area contributed by atoms with Gasteiger partial charge in [-0.1, -0.05) is 19.9 Å². The highest BCUT2D eigenvalue weighted by Crippen LogP contribution is 2.25. The first-order chi connectivity index (χ1) is 9.86. The van der Waals surface area contributed by atoms with Crippen LogP contribution in [0.4, 0.5) is 11.4 Å². The Morgan fingerprint density at radius 1 is 1.48 bits per heavy atom. The molecule has 1 heterocycles. The largest absolute Gasteiger partial charge is 0.397 e. The predicted octanol–water partition coefficient (Wildman–Crippen LogP) is 2.02. The summed E-state index contributed by atoms with van der Waals surface area (Å²) in [6, 6.07) is 5.48. The van der Waals surface area contributed by atoms with Crippen molar-refractivity contribution in [2.24, 2.45) is 11.8 Å². The lowest BCUT2D eigenvalue weighted by atomic mass is 9.95. The van der Waals surface area contributed by atoms with E-state index in [1.165, 1.54) is 0 Å². The van der Waals surface area contributed by atoms with Gasteiger partial charge in [0.25, 0.3) is 0 Å². The van der Waals surface area contributed by atoms with E-state index in [4.69, 9.17) is 5.73 Å². The summed E-state index contributed by atoms with van der Waals surface area (Å²) >= 11 is 0. The molecule has 5 nitrogen and oxygen atoms in total. The van der Waals surface area contributed by atoms with Crippen LogP contribution in [0.5, 0.6) is 0 Å². The molecule has 2 amide bonds. The average molecular weight is 289 g/mol. The Labute approximate surface area is 125 Å². The zero-order chi connectivity index (χ0) is 15.6. The Morgan fingerprint density at radius 3 is 2.76 bits per heavy atom. The molecule has 3 N–H and O–H groups in total. The third kappa shape index (κ3) is 3.74. The van der Waals surface area contributed by atoms with Crippen LogP contribution < -0.4 is 11.1 Å². The van der Waals surface area contributed by atoms with Gasteiger partial charge in [-0.15, -0.1) is 0 Å². The van der Waals surface area contributed by atoms with Crippen molar-refractivity contribution in [2.45, 2.75) is 27.2 Å². The van der Waals surface area contributed by atoms with Crippen molar-refractivity contribution in [3.63, 3.8) is 0 Å². The van der Waals surface area contributed by atoms with Gasteiger partial charge in [0.1, 0.15) is 0 Å². The molecule has 1 aliphatic heterocycles. The summed E-state index contributed by atoms with van der Waals surface area (Å²) in [6.45, 7) is 6.91. The number of nitrogens with zero attached hydrogens (tertiary/aromatic N) is 1. The fourth-order valence-corrected chi connectivity index (χ4v) is 2.56. The van der Waals surface area contributed by atoms with E-state index in [0.29, 0.717) is 36.2 Å². The van der Waals surface area contributed by atoms with Crippen molar-refractivity contribution in [1.29, 1.82) is 0 Å². The fraction of sp³-hybridized carbons (Fsp3) is 0.500. The van der Waals surface area contributed by atoms with Crippen molar-refractivity contribution >= 4 is 23.2 Å². The molecule has 1 fully saturated rings. The first-order valence-electron chi connectivity index (χ1n) is 7.30. The van der Waals surface area contributed by atoms with Crippen molar-refractivity contribution < 1.29 is 9.59 Å². The van der Waals surface area contributed by atoms with E-state index in [9.17, 15) is 9.59 Å². The van der Waals surface area contributed by atoms with E-state index >= 15 is 0 Å². The number of hydrogen-bond acceptors (Lipinski definition) is 3. The summed E-state index contributed by atoms with van der Waals surface area (Å²) in [7, 11) is 0.